The molecule has 0 N–H and O–H groups in total. The van der Waals surface area contributed by atoms with Crippen LogP contribution in [0.15, 0.2) is 17.0 Å². The zero-order chi connectivity index (χ0) is 21.2. The fourth-order valence-electron chi connectivity index (χ4n) is 3.34. The van der Waals surface area contributed by atoms with E-state index >= 15 is 0 Å². The Morgan fingerprint density at radius 1 is 1.17 bits per heavy atom. The summed E-state index contributed by atoms with van der Waals surface area (Å²) in [5, 5.41) is -0.239. The van der Waals surface area contributed by atoms with E-state index < -0.39 is 39.4 Å². The molecule has 2 fully saturated rings. The maximum atomic E-state index is 12.9. The van der Waals surface area contributed by atoms with E-state index in [9.17, 15) is 22.8 Å². The standard InChI is InChI=1S/C19H21ClO8S/c1-29(24,25)14-6-5-11(18(23)16-12(21)3-2-4-13(16)22)17(20)19(14)28-8-7-15-26-9-10-27-15/h5-6,15-16H,2-4,7-10H2,1H3. The molecular formula is C19H21ClO8S. The summed E-state index contributed by atoms with van der Waals surface area (Å²) >= 11 is 6.33. The van der Waals surface area contributed by atoms with Gasteiger partial charge >= 0.3 is 0 Å². The smallest absolute Gasteiger partial charge is 0.182 e. The van der Waals surface area contributed by atoms with E-state index in [-0.39, 0.29) is 40.7 Å². The van der Waals surface area contributed by atoms with E-state index in [4.69, 9.17) is 25.8 Å². The molecule has 1 heterocycles. The number of rotatable bonds is 7. The van der Waals surface area contributed by atoms with Gasteiger partial charge in [-0.25, -0.2) is 8.42 Å². The lowest BCUT2D eigenvalue weighted by molar-refractivity contribution is -0.133. The quantitative estimate of drug-likeness (QED) is 0.463. The minimum atomic E-state index is -3.71. The molecule has 10 heteroatoms. The van der Waals surface area contributed by atoms with Crippen LogP contribution in [-0.4, -0.2) is 58.1 Å². The Kier molecular flexibility index (Phi) is 6.72. The van der Waals surface area contributed by atoms with Crippen LogP contribution in [0.3, 0.4) is 0 Å². The van der Waals surface area contributed by atoms with Crippen LogP contribution in [0.25, 0.3) is 0 Å². The lowest BCUT2D eigenvalue weighted by Crippen LogP contribution is -2.35. The van der Waals surface area contributed by atoms with E-state index in [1.807, 2.05) is 0 Å². The molecule has 8 nitrogen and oxygen atoms in total. The minimum absolute atomic E-state index is 0.0336. The van der Waals surface area contributed by atoms with E-state index in [1.54, 1.807) is 0 Å². The molecule has 3 rings (SSSR count). The first-order valence-corrected chi connectivity index (χ1v) is 11.5. The number of Topliss-reactive ketones (excluding diaryl/α,β-unsaturated/α-hetero) is 3. The van der Waals surface area contributed by atoms with E-state index in [2.05, 4.69) is 0 Å². The number of carbonyl (C=O) groups excluding carboxylic acids is 3. The van der Waals surface area contributed by atoms with Crippen molar-refractivity contribution in [3.8, 4) is 5.75 Å². The highest BCUT2D eigenvalue weighted by Crippen LogP contribution is 2.37. The first-order chi connectivity index (χ1) is 13.7. The molecule has 0 aromatic heterocycles. The molecule has 0 spiro atoms. The summed E-state index contributed by atoms with van der Waals surface area (Å²) in [7, 11) is -3.71. The predicted molar refractivity (Wildman–Crippen MR) is 102 cm³/mol. The van der Waals surface area contributed by atoms with Crippen LogP contribution >= 0.6 is 11.6 Å². The molecule has 0 bridgehead atoms. The second-order valence-electron chi connectivity index (χ2n) is 6.92. The lowest BCUT2D eigenvalue weighted by Gasteiger charge is -2.20. The van der Waals surface area contributed by atoms with Crippen molar-refractivity contribution in [2.24, 2.45) is 5.92 Å². The second-order valence-corrected chi connectivity index (χ2v) is 9.28. The Morgan fingerprint density at radius 2 is 1.79 bits per heavy atom. The molecule has 0 radical (unpaired) electrons. The summed E-state index contributed by atoms with van der Waals surface area (Å²) in [6.07, 6.45) is 1.57. The molecule has 0 unspecified atom stereocenters. The zero-order valence-corrected chi connectivity index (χ0v) is 17.4. The summed E-state index contributed by atoms with van der Waals surface area (Å²) in [5.74, 6) is -3.23. The van der Waals surface area contributed by atoms with Crippen molar-refractivity contribution in [1.29, 1.82) is 0 Å². The molecule has 158 valence electrons. The molecule has 1 aliphatic carbocycles. The molecular weight excluding hydrogens is 424 g/mol. The van der Waals surface area contributed by atoms with Gasteiger partial charge in [0, 0.05) is 31.1 Å². The molecule has 1 saturated carbocycles. The molecule has 1 aromatic carbocycles. The number of hydrogen-bond acceptors (Lipinski definition) is 8. The van der Waals surface area contributed by atoms with Crippen molar-refractivity contribution in [3.05, 3.63) is 22.7 Å². The van der Waals surface area contributed by atoms with Crippen molar-refractivity contribution >= 4 is 38.8 Å². The Bertz CT molecular complexity index is 918. The van der Waals surface area contributed by atoms with Gasteiger partial charge in [-0.3, -0.25) is 14.4 Å². The summed E-state index contributed by atoms with van der Waals surface area (Å²) in [4.78, 5) is 36.9. The fourth-order valence-corrected chi connectivity index (χ4v) is 4.52. The maximum absolute atomic E-state index is 12.9. The highest BCUT2D eigenvalue weighted by molar-refractivity contribution is 7.90. The van der Waals surface area contributed by atoms with Gasteiger partial charge in [0.25, 0.3) is 0 Å². The highest BCUT2D eigenvalue weighted by Gasteiger charge is 2.38. The summed E-state index contributed by atoms with van der Waals surface area (Å²) < 4.78 is 40.5. The SMILES string of the molecule is CS(=O)(=O)c1ccc(C(=O)C2C(=O)CCCC2=O)c(Cl)c1OCCC1OCCO1. The largest absolute Gasteiger partial charge is 0.490 e. The Morgan fingerprint density at radius 3 is 2.38 bits per heavy atom. The van der Waals surface area contributed by atoms with Crippen molar-refractivity contribution in [2.75, 3.05) is 26.1 Å². The van der Waals surface area contributed by atoms with Crippen LogP contribution in [0.4, 0.5) is 0 Å². The van der Waals surface area contributed by atoms with E-state index in [0.717, 1.165) is 6.26 Å². The minimum Gasteiger partial charge on any atom is -0.490 e. The van der Waals surface area contributed by atoms with Gasteiger partial charge in [0.05, 0.1) is 24.8 Å². The van der Waals surface area contributed by atoms with Crippen LogP contribution < -0.4 is 4.74 Å². The number of benzene rings is 1. The van der Waals surface area contributed by atoms with Crippen molar-refractivity contribution in [2.45, 2.75) is 36.9 Å². The zero-order valence-electron chi connectivity index (χ0n) is 15.8. The summed E-state index contributed by atoms with van der Waals surface area (Å²) in [6, 6.07) is 2.41. The number of hydrogen-bond donors (Lipinski definition) is 0. The molecule has 0 amide bonds. The molecule has 0 atom stereocenters. The number of ether oxygens (including phenoxy) is 3. The van der Waals surface area contributed by atoms with Crippen molar-refractivity contribution in [1.82, 2.24) is 0 Å². The van der Waals surface area contributed by atoms with Crippen LogP contribution in [-0.2, 0) is 28.9 Å². The van der Waals surface area contributed by atoms with Crippen LogP contribution in [0.2, 0.25) is 5.02 Å². The second kappa shape index (κ2) is 8.91. The lowest BCUT2D eigenvalue weighted by atomic mass is 9.81. The Hall–Kier alpha value is -1.81. The van der Waals surface area contributed by atoms with Gasteiger partial charge in [0.15, 0.2) is 39.2 Å². The molecule has 29 heavy (non-hydrogen) atoms. The maximum Gasteiger partial charge on any atom is 0.182 e. The Labute approximate surface area is 173 Å². The van der Waals surface area contributed by atoms with Gasteiger partial charge in [-0.1, -0.05) is 11.6 Å². The van der Waals surface area contributed by atoms with Crippen molar-refractivity contribution in [3.63, 3.8) is 0 Å². The molecule has 1 aliphatic heterocycles. The average molecular weight is 445 g/mol. The van der Waals surface area contributed by atoms with Gasteiger partial charge in [-0.05, 0) is 18.6 Å². The number of ketones is 3. The number of halogens is 1. The van der Waals surface area contributed by atoms with Gasteiger partial charge in [0.1, 0.15) is 10.8 Å². The fraction of sp³-hybridized carbons (Fsp3) is 0.526. The van der Waals surface area contributed by atoms with Gasteiger partial charge in [0.2, 0.25) is 0 Å². The van der Waals surface area contributed by atoms with E-state index in [1.165, 1.54) is 12.1 Å². The van der Waals surface area contributed by atoms with Crippen LogP contribution in [0, 0.1) is 5.92 Å². The van der Waals surface area contributed by atoms with Crippen LogP contribution in [0.1, 0.15) is 36.0 Å². The number of sulfone groups is 1. The topological polar surface area (TPSA) is 113 Å². The van der Waals surface area contributed by atoms with Gasteiger partial charge < -0.3 is 14.2 Å². The first-order valence-electron chi connectivity index (χ1n) is 9.18. The third kappa shape index (κ3) is 4.85. The number of carbonyl (C=O) groups is 3. The predicted octanol–water partition coefficient (Wildman–Crippen LogP) is 2.01. The molecule has 2 aliphatic rings. The highest BCUT2D eigenvalue weighted by atomic mass is 35.5. The van der Waals surface area contributed by atoms with Gasteiger partial charge in [-0.15, -0.1) is 0 Å². The van der Waals surface area contributed by atoms with E-state index in [0.29, 0.717) is 26.1 Å². The first kappa shape index (κ1) is 21.9. The van der Waals surface area contributed by atoms with Crippen LogP contribution in [0.5, 0.6) is 5.75 Å². The molecule has 1 aromatic rings. The monoisotopic (exact) mass is 444 g/mol. The molecule has 1 saturated heterocycles. The van der Waals surface area contributed by atoms with Gasteiger partial charge in [-0.2, -0.15) is 0 Å². The summed E-state index contributed by atoms with van der Waals surface area (Å²) in [6.45, 7) is 0.965. The third-order valence-corrected chi connectivity index (χ3v) is 6.26. The Balaban J connectivity index is 1.91. The summed E-state index contributed by atoms with van der Waals surface area (Å²) in [5.41, 5.74) is -0.115. The third-order valence-electron chi connectivity index (χ3n) is 4.77. The van der Waals surface area contributed by atoms with Crippen molar-refractivity contribution < 1.29 is 37.0 Å². The average Bonchev–Trinajstić information content (AvgIpc) is 3.15. The normalized spacial score (nSPS) is 19.0.